The van der Waals surface area contributed by atoms with Gasteiger partial charge in [0.15, 0.2) is 0 Å². The number of urea groups is 1. The lowest BCUT2D eigenvalue weighted by Crippen LogP contribution is -2.48. The van der Waals surface area contributed by atoms with Gasteiger partial charge in [0.1, 0.15) is 17.0 Å². The molecule has 41 heavy (non-hydrogen) atoms. The lowest BCUT2D eigenvalue weighted by Gasteiger charge is -2.26. The number of benzene rings is 2. The van der Waals surface area contributed by atoms with E-state index in [0.717, 1.165) is 4.90 Å². The number of nitro benzene ring substituents is 1. The molecule has 1 heterocycles. The molecule has 0 aromatic heterocycles. The number of esters is 1. The number of halogens is 2. The first-order valence-corrected chi connectivity index (χ1v) is 13.8. The third-order valence-electron chi connectivity index (χ3n) is 6.30. The van der Waals surface area contributed by atoms with Crippen LogP contribution in [0, 0.1) is 21.8 Å². The molecule has 13 heteroatoms. The lowest BCUT2D eigenvalue weighted by molar-refractivity contribution is -0.385. The van der Waals surface area contributed by atoms with Crippen LogP contribution in [0.25, 0.3) is 0 Å². The average molecular weight is 607 g/mol. The molecule has 0 radical (unpaired) electrons. The first kappa shape index (κ1) is 31.9. The van der Waals surface area contributed by atoms with Crippen LogP contribution >= 0.6 is 23.8 Å². The van der Waals surface area contributed by atoms with E-state index in [2.05, 4.69) is 10.6 Å². The predicted molar refractivity (Wildman–Crippen MR) is 155 cm³/mol. The second-order valence-electron chi connectivity index (χ2n) is 10.7. The van der Waals surface area contributed by atoms with Gasteiger partial charge in [0, 0.05) is 17.6 Å². The van der Waals surface area contributed by atoms with E-state index in [1.807, 2.05) is 6.92 Å². The zero-order valence-corrected chi connectivity index (χ0v) is 24.7. The minimum absolute atomic E-state index is 0.0126. The number of carbonyl (C=O) groups is 3. The molecule has 2 N–H and O–H groups in total. The number of hydrogen-bond donors (Lipinski definition) is 2. The van der Waals surface area contributed by atoms with Crippen LogP contribution in [0.5, 0.6) is 0 Å². The molecule has 1 saturated heterocycles. The summed E-state index contributed by atoms with van der Waals surface area (Å²) >= 11 is 11.3. The van der Waals surface area contributed by atoms with Gasteiger partial charge in [-0.2, -0.15) is 0 Å². The van der Waals surface area contributed by atoms with Crippen LogP contribution in [0.1, 0.15) is 68.1 Å². The van der Waals surface area contributed by atoms with E-state index in [0.29, 0.717) is 23.4 Å². The van der Waals surface area contributed by atoms with E-state index in [4.69, 9.17) is 28.6 Å². The minimum Gasteiger partial charge on any atom is -0.456 e. The number of rotatable bonds is 8. The maximum atomic E-state index is 14.4. The molecule has 0 spiro atoms. The summed E-state index contributed by atoms with van der Waals surface area (Å²) in [5.41, 5.74) is -0.933. The van der Waals surface area contributed by atoms with E-state index in [1.54, 1.807) is 20.8 Å². The molecule has 1 aliphatic rings. The highest BCUT2D eigenvalue weighted by molar-refractivity contribution is 7.80. The number of ether oxygens (including phenoxy) is 1. The Morgan fingerprint density at radius 2 is 2.00 bits per heavy atom. The fourth-order valence-electron chi connectivity index (χ4n) is 4.38. The number of nitrogens with zero attached hydrogens (tertiary/aromatic N) is 2. The number of nitrogens with one attached hydrogen (secondary N) is 2. The Bertz CT molecular complexity index is 1370. The average Bonchev–Trinajstić information content (AvgIpc) is 3.02. The van der Waals surface area contributed by atoms with Crippen molar-refractivity contribution in [2.75, 3.05) is 13.1 Å². The summed E-state index contributed by atoms with van der Waals surface area (Å²) in [4.78, 5) is 51.9. The fourth-order valence-corrected chi connectivity index (χ4v) is 4.79. The largest absolute Gasteiger partial charge is 0.456 e. The van der Waals surface area contributed by atoms with E-state index in [1.165, 1.54) is 36.4 Å². The Hall–Kier alpha value is -3.64. The SMILES string of the molecule is CCC[C@@H](NC(=O)N1CC(=S)NC[C@H](Cc2cc(Cl)ccc2F)C1=O)c1ccc(C(=O)OC(C)(C)C)c([N+](=O)[O-])c1. The quantitative estimate of drug-likeness (QED) is 0.174. The fraction of sp³-hybridized carbons (Fsp3) is 0.429. The van der Waals surface area contributed by atoms with Crippen LogP contribution in [-0.2, 0) is 16.0 Å². The van der Waals surface area contributed by atoms with E-state index < -0.39 is 51.9 Å². The van der Waals surface area contributed by atoms with E-state index in [-0.39, 0.29) is 35.6 Å². The summed E-state index contributed by atoms with van der Waals surface area (Å²) in [6.45, 7) is 6.74. The van der Waals surface area contributed by atoms with Gasteiger partial charge >= 0.3 is 12.0 Å². The summed E-state index contributed by atoms with van der Waals surface area (Å²) in [6.07, 6.45) is 0.967. The Kier molecular flexibility index (Phi) is 10.4. The van der Waals surface area contributed by atoms with Crippen molar-refractivity contribution in [1.29, 1.82) is 0 Å². The van der Waals surface area contributed by atoms with Gasteiger partial charge in [-0.05, 0) is 69.0 Å². The van der Waals surface area contributed by atoms with Crippen molar-refractivity contribution in [2.45, 2.75) is 58.6 Å². The molecule has 2 aromatic rings. The zero-order chi connectivity index (χ0) is 30.5. The normalized spacial score (nSPS) is 16.4. The van der Waals surface area contributed by atoms with Gasteiger partial charge in [0.2, 0.25) is 5.91 Å². The number of hydrogen-bond acceptors (Lipinski definition) is 7. The first-order valence-electron chi connectivity index (χ1n) is 13.0. The van der Waals surface area contributed by atoms with Gasteiger partial charge in [-0.1, -0.05) is 43.2 Å². The van der Waals surface area contributed by atoms with Crippen LogP contribution in [0.15, 0.2) is 36.4 Å². The molecular formula is C28H32ClFN4O6S. The van der Waals surface area contributed by atoms with Crippen LogP contribution in [0.2, 0.25) is 5.02 Å². The molecule has 0 saturated carbocycles. The monoisotopic (exact) mass is 606 g/mol. The Morgan fingerprint density at radius 3 is 2.63 bits per heavy atom. The summed E-state index contributed by atoms with van der Waals surface area (Å²) in [5, 5.41) is 17.9. The highest BCUT2D eigenvalue weighted by Gasteiger charge is 2.35. The third kappa shape index (κ3) is 8.43. The summed E-state index contributed by atoms with van der Waals surface area (Å²) in [6, 6.07) is 6.60. The van der Waals surface area contributed by atoms with Crippen LogP contribution < -0.4 is 10.6 Å². The van der Waals surface area contributed by atoms with Crippen molar-refractivity contribution in [3.05, 3.63) is 74.0 Å². The summed E-state index contributed by atoms with van der Waals surface area (Å²) < 4.78 is 19.7. The molecule has 3 rings (SSSR count). The Morgan fingerprint density at radius 1 is 1.29 bits per heavy atom. The van der Waals surface area contributed by atoms with Crippen molar-refractivity contribution in [1.82, 2.24) is 15.5 Å². The maximum Gasteiger partial charge on any atom is 0.345 e. The van der Waals surface area contributed by atoms with Crippen molar-refractivity contribution in [3.63, 3.8) is 0 Å². The van der Waals surface area contributed by atoms with Crippen molar-refractivity contribution in [3.8, 4) is 0 Å². The predicted octanol–water partition coefficient (Wildman–Crippen LogP) is 5.51. The molecule has 0 aliphatic carbocycles. The highest BCUT2D eigenvalue weighted by atomic mass is 35.5. The van der Waals surface area contributed by atoms with Crippen LogP contribution in [0.4, 0.5) is 14.9 Å². The lowest BCUT2D eigenvalue weighted by atomic mass is 9.97. The van der Waals surface area contributed by atoms with E-state index in [9.17, 15) is 28.9 Å². The van der Waals surface area contributed by atoms with Crippen molar-refractivity contribution >= 4 is 52.4 Å². The summed E-state index contributed by atoms with van der Waals surface area (Å²) in [7, 11) is 0. The number of nitro groups is 1. The molecule has 1 fully saturated rings. The minimum atomic E-state index is -0.853. The third-order valence-corrected chi connectivity index (χ3v) is 6.81. The standard InChI is InChI=1S/C28H32ClFN4O6S/c1-5-6-22(16-7-9-20(23(13-16)34(38)39)26(36)40-28(2,3)4)32-27(37)33-15-24(41)31-14-18(25(33)35)11-17-12-19(29)8-10-21(17)30/h7-10,12-13,18,22H,5-6,11,14-15H2,1-4H3,(H,31,41)(H,32,37)/t18-,22+/m0/s1. The number of thiocarbonyl (C=S) groups is 1. The second-order valence-corrected chi connectivity index (χ2v) is 11.6. The van der Waals surface area contributed by atoms with Gasteiger partial charge in [-0.3, -0.25) is 19.8 Å². The Balaban J connectivity index is 1.87. The van der Waals surface area contributed by atoms with Crippen LogP contribution in [0.3, 0.4) is 0 Å². The zero-order valence-electron chi connectivity index (χ0n) is 23.2. The number of imide groups is 1. The highest BCUT2D eigenvalue weighted by Crippen LogP contribution is 2.29. The Labute approximate surface area is 247 Å². The smallest absolute Gasteiger partial charge is 0.345 e. The topological polar surface area (TPSA) is 131 Å². The van der Waals surface area contributed by atoms with Crippen molar-refractivity contribution < 1.29 is 28.4 Å². The molecule has 10 nitrogen and oxygen atoms in total. The molecule has 220 valence electrons. The number of carbonyl (C=O) groups excluding carboxylic acids is 3. The molecule has 2 atom stereocenters. The van der Waals surface area contributed by atoms with Gasteiger partial charge in [0.05, 0.1) is 28.4 Å². The first-order chi connectivity index (χ1) is 19.2. The second kappa shape index (κ2) is 13.3. The van der Waals surface area contributed by atoms with Gasteiger partial charge in [0.25, 0.3) is 5.69 Å². The maximum absolute atomic E-state index is 14.4. The molecular weight excluding hydrogens is 575 g/mol. The van der Waals surface area contributed by atoms with Crippen LogP contribution in [-0.4, -0.2) is 51.4 Å². The summed E-state index contributed by atoms with van der Waals surface area (Å²) in [5.74, 6) is -2.74. The van der Waals surface area contributed by atoms with Crippen molar-refractivity contribution in [2.24, 2.45) is 5.92 Å². The van der Waals surface area contributed by atoms with Gasteiger partial charge in [-0.25, -0.2) is 14.0 Å². The molecule has 2 aromatic carbocycles. The van der Waals surface area contributed by atoms with Gasteiger partial charge in [-0.15, -0.1) is 0 Å². The molecule has 1 aliphatic heterocycles. The molecule has 0 bridgehead atoms. The molecule has 3 amide bonds. The molecule has 0 unspecified atom stereocenters. The number of amides is 3. The van der Waals surface area contributed by atoms with Gasteiger partial charge < -0.3 is 15.4 Å². The van der Waals surface area contributed by atoms with E-state index >= 15 is 0 Å².